The summed E-state index contributed by atoms with van der Waals surface area (Å²) in [6.07, 6.45) is -1.34. The van der Waals surface area contributed by atoms with Gasteiger partial charge in [0, 0.05) is 12.6 Å². The van der Waals surface area contributed by atoms with Gasteiger partial charge in [0.2, 0.25) is 0 Å². The third-order valence-electron chi connectivity index (χ3n) is 5.43. The van der Waals surface area contributed by atoms with Crippen LogP contribution in [0.2, 0.25) is 0 Å². The number of hydrogen-bond acceptors (Lipinski definition) is 4. The lowest BCUT2D eigenvalue weighted by atomic mass is 9.95. The van der Waals surface area contributed by atoms with Crippen molar-refractivity contribution >= 4 is 5.97 Å². The number of esters is 1. The van der Waals surface area contributed by atoms with E-state index in [9.17, 15) is 9.90 Å². The Kier molecular flexibility index (Phi) is 7.84. The van der Waals surface area contributed by atoms with Crippen molar-refractivity contribution in [1.82, 2.24) is 4.90 Å². The predicted molar refractivity (Wildman–Crippen MR) is 128 cm³/mol. The highest BCUT2D eigenvalue weighted by molar-refractivity contribution is 5.76. The molecular weight excluding hydrogens is 398 g/mol. The van der Waals surface area contributed by atoms with E-state index in [0.717, 1.165) is 16.7 Å². The monoisotopic (exact) mass is 431 g/mol. The molecule has 0 aliphatic heterocycles. The molecule has 0 bridgehead atoms. The highest BCUT2D eigenvalue weighted by Gasteiger charge is 2.37. The summed E-state index contributed by atoms with van der Waals surface area (Å²) in [5.74, 6) is -0.621. The van der Waals surface area contributed by atoms with Gasteiger partial charge in [0.1, 0.15) is 5.60 Å². The Labute approximate surface area is 191 Å². The molecule has 0 spiro atoms. The standard InChI is InChI=1S/C28H33NO3/c1-21(23-16-10-6-11-17-23)29(20-22-14-8-5-9-15-22)25(24-18-12-7-13-19-24)26(30)27(31)32-28(2,3)4/h5-19,21,25-26,30H,20H2,1-4H3/t21-,25?,26+/m0/s1. The van der Waals surface area contributed by atoms with Crippen LogP contribution in [0.25, 0.3) is 0 Å². The molecule has 1 unspecified atom stereocenters. The summed E-state index contributed by atoms with van der Waals surface area (Å²) in [6, 6.07) is 29.3. The lowest BCUT2D eigenvalue weighted by Gasteiger charge is -2.39. The number of rotatable bonds is 8. The number of carbonyl (C=O) groups excluding carboxylic acids is 1. The van der Waals surface area contributed by atoms with Gasteiger partial charge in [-0.1, -0.05) is 91.0 Å². The zero-order valence-electron chi connectivity index (χ0n) is 19.3. The fourth-order valence-corrected chi connectivity index (χ4v) is 3.89. The molecule has 0 fully saturated rings. The van der Waals surface area contributed by atoms with Crippen molar-refractivity contribution in [3.05, 3.63) is 108 Å². The van der Waals surface area contributed by atoms with Crippen LogP contribution in [0, 0.1) is 0 Å². The SMILES string of the molecule is C[C@@H](c1ccccc1)N(Cc1ccccc1)C(c1ccccc1)[C@@H](O)C(=O)OC(C)(C)C. The number of ether oxygens (including phenoxy) is 1. The average Bonchev–Trinajstić information content (AvgIpc) is 2.79. The molecule has 32 heavy (non-hydrogen) atoms. The zero-order chi connectivity index (χ0) is 23.1. The average molecular weight is 432 g/mol. The molecule has 3 rings (SSSR count). The molecule has 4 heteroatoms. The Bertz CT molecular complexity index is 968. The van der Waals surface area contributed by atoms with E-state index in [4.69, 9.17) is 4.74 Å². The topological polar surface area (TPSA) is 49.8 Å². The normalized spacial score (nSPS) is 14.6. The van der Waals surface area contributed by atoms with Crippen LogP contribution in [-0.2, 0) is 16.1 Å². The van der Waals surface area contributed by atoms with Crippen LogP contribution >= 0.6 is 0 Å². The van der Waals surface area contributed by atoms with Gasteiger partial charge in [-0.05, 0) is 44.4 Å². The summed E-state index contributed by atoms with van der Waals surface area (Å²) < 4.78 is 5.57. The van der Waals surface area contributed by atoms with E-state index < -0.39 is 23.7 Å². The number of nitrogens with zero attached hydrogens (tertiary/aromatic N) is 1. The van der Waals surface area contributed by atoms with Crippen LogP contribution in [0.3, 0.4) is 0 Å². The van der Waals surface area contributed by atoms with Gasteiger partial charge < -0.3 is 9.84 Å². The van der Waals surface area contributed by atoms with Gasteiger partial charge in [-0.15, -0.1) is 0 Å². The van der Waals surface area contributed by atoms with Gasteiger partial charge in [0.05, 0.1) is 6.04 Å². The molecule has 0 aliphatic rings. The molecule has 0 amide bonds. The minimum Gasteiger partial charge on any atom is -0.458 e. The van der Waals surface area contributed by atoms with Gasteiger partial charge in [0.25, 0.3) is 0 Å². The molecule has 3 atom stereocenters. The van der Waals surface area contributed by atoms with Crippen molar-refractivity contribution in [3.63, 3.8) is 0 Å². The van der Waals surface area contributed by atoms with Crippen LogP contribution in [-0.4, -0.2) is 27.7 Å². The smallest absolute Gasteiger partial charge is 0.337 e. The Balaban J connectivity index is 2.06. The number of carbonyl (C=O) groups is 1. The third-order valence-corrected chi connectivity index (χ3v) is 5.43. The van der Waals surface area contributed by atoms with Crippen molar-refractivity contribution in [2.75, 3.05) is 0 Å². The minimum absolute atomic E-state index is 0.0568. The number of aliphatic hydroxyl groups is 1. The van der Waals surface area contributed by atoms with Crippen LogP contribution < -0.4 is 0 Å². The highest BCUT2D eigenvalue weighted by atomic mass is 16.6. The fraction of sp³-hybridized carbons (Fsp3) is 0.321. The van der Waals surface area contributed by atoms with Gasteiger partial charge >= 0.3 is 5.97 Å². The Morgan fingerprint density at radius 2 is 1.31 bits per heavy atom. The molecule has 0 aromatic heterocycles. The molecule has 0 saturated carbocycles. The molecule has 0 aliphatic carbocycles. The maximum atomic E-state index is 13.0. The largest absolute Gasteiger partial charge is 0.458 e. The molecule has 3 aromatic carbocycles. The van der Waals surface area contributed by atoms with Crippen LogP contribution in [0.15, 0.2) is 91.0 Å². The Morgan fingerprint density at radius 1 is 0.844 bits per heavy atom. The van der Waals surface area contributed by atoms with Gasteiger partial charge in [-0.2, -0.15) is 0 Å². The maximum absolute atomic E-state index is 13.0. The molecule has 0 saturated heterocycles. The first kappa shape index (κ1) is 23.7. The lowest BCUT2D eigenvalue weighted by Crippen LogP contribution is -2.44. The predicted octanol–water partition coefficient (Wildman–Crippen LogP) is 5.69. The second kappa shape index (κ2) is 10.6. The van der Waals surface area contributed by atoms with Gasteiger partial charge in [-0.25, -0.2) is 4.79 Å². The van der Waals surface area contributed by atoms with E-state index in [1.54, 1.807) is 0 Å². The summed E-state index contributed by atoms with van der Waals surface area (Å²) in [7, 11) is 0. The summed E-state index contributed by atoms with van der Waals surface area (Å²) in [4.78, 5) is 15.2. The van der Waals surface area contributed by atoms with Crippen molar-refractivity contribution in [2.45, 2.75) is 58.0 Å². The van der Waals surface area contributed by atoms with Crippen molar-refractivity contribution in [1.29, 1.82) is 0 Å². The van der Waals surface area contributed by atoms with E-state index in [2.05, 4.69) is 36.1 Å². The molecule has 4 nitrogen and oxygen atoms in total. The highest BCUT2D eigenvalue weighted by Crippen LogP contribution is 2.35. The summed E-state index contributed by atoms with van der Waals surface area (Å²) in [5.41, 5.74) is 2.40. The molecule has 1 N–H and O–H groups in total. The molecule has 0 heterocycles. The minimum atomic E-state index is -1.34. The number of benzene rings is 3. The van der Waals surface area contributed by atoms with Gasteiger partial charge in [-0.3, -0.25) is 4.90 Å². The fourth-order valence-electron chi connectivity index (χ4n) is 3.89. The van der Waals surface area contributed by atoms with Crippen LogP contribution in [0.1, 0.15) is 56.5 Å². The summed E-state index contributed by atoms with van der Waals surface area (Å²) in [6.45, 7) is 8.10. The van der Waals surface area contributed by atoms with E-state index in [0.29, 0.717) is 6.54 Å². The second-order valence-corrected chi connectivity index (χ2v) is 9.08. The van der Waals surface area contributed by atoms with Crippen molar-refractivity contribution in [2.24, 2.45) is 0 Å². The third kappa shape index (κ3) is 6.28. The van der Waals surface area contributed by atoms with E-state index in [1.165, 1.54) is 0 Å². The Morgan fingerprint density at radius 3 is 1.81 bits per heavy atom. The van der Waals surface area contributed by atoms with E-state index in [-0.39, 0.29) is 6.04 Å². The zero-order valence-corrected chi connectivity index (χ0v) is 19.3. The molecule has 168 valence electrons. The maximum Gasteiger partial charge on any atom is 0.337 e. The summed E-state index contributed by atoms with van der Waals surface area (Å²) in [5, 5.41) is 11.3. The van der Waals surface area contributed by atoms with Crippen LogP contribution in [0.5, 0.6) is 0 Å². The first-order chi connectivity index (χ1) is 15.3. The quantitative estimate of drug-likeness (QED) is 0.465. The molecule has 0 radical (unpaired) electrons. The molecule has 3 aromatic rings. The van der Waals surface area contributed by atoms with Gasteiger partial charge in [0.15, 0.2) is 6.10 Å². The Hall–Kier alpha value is -2.95. The van der Waals surface area contributed by atoms with E-state index in [1.807, 2.05) is 87.5 Å². The second-order valence-electron chi connectivity index (χ2n) is 9.08. The first-order valence-electron chi connectivity index (χ1n) is 11.1. The van der Waals surface area contributed by atoms with Crippen molar-refractivity contribution < 1.29 is 14.6 Å². The first-order valence-corrected chi connectivity index (χ1v) is 11.1. The lowest BCUT2D eigenvalue weighted by molar-refractivity contribution is -0.170. The summed E-state index contributed by atoms with van der Waals surface area (Å²) >= 11 is 0. The van der Waals surface area contributed by atoms with Crippen LogP contribution in [0.4, 0.5) is 0 Å². The van der Waals surface area contributed by atoms with E-state index >= 15 is 0 Å². The number of hydrogen-bond donors (Lipinski definition) is 1. The molecular formula is C28H33NO3. The number of aliphatic hydroxyl groups excluding tert-OH is 1. The van der Waals surface area contributed by atoms with Crippen molar-refractivity contribution in [3.8, 4) is 0 Å².